The molecule has 2 aromatic rings. The molecule has 0 spiro atoms. The highest BCUT2D eigenvalue weighted by Crippen LogP contribution is 2.29. The lowest BCUT2D eigenvalue weighted by Crippen LogP contribution is -2.62. The number of carbonyl (C=O) groups is 1. The smallest absolute Gasteiger partial charge is 0.331 e. The molecule has 2 heterocycles. The molecule has 0 unspecified atom stereocenters. The van der Waals surface area contributed by atoms with Gasteiger partial charge in [-0.15, -0.1) is 0 Å². The van der Waals surface area contributed by atoms with Gasteiger partial charge in [0, 0.05) is 6.08 Å². The number of aliphatic hydroxyl groups is 5. The van der Waals surface area contributed by atoms with Gasteiger partial charge >= 0.3 is 5.97 Å². The number of aromatic hydroxyl groups is 4. The summed E-state index contributed by atoms with van der Waals surface area (Å²) in [5.74, 6) is -2.37. The Morgan fingerprint density at radius 2 is 1.41 bits per heavy atom. The molecular formula is C29H36O15. The molecule has 9 N–H and O–H groups in total. The number of hydrogen-bond acceptors (Lipinski definition) is 15. The van der Waals surface area contributed by atoms with Crippen LogP contribution in [-0.4, -0.2) is 127 Å². The molecule has 0 amide bonds. The van der Waals surface area contributed by atoms with E-state index >= 15 is 0 Å². The zero-order valence-electron chi connectivity index (χ0n) is 23.5. The maximum Gasteiger partial charge on any atom is 0.331 e. The molecule has 2 aliphatic heterocycles. The highest BCUT2D eigenvalue weighted by molar-refractivity contribution is 5.87. The third kappa shape index (κ3) is 7.95. The second-order valence-electron chi connectivity index (χ2n) is 10.5. The van der Waals surface area contributed by atoms with Gasteiger partial charge in [-0.05, 0) is 54.8 Å². The summed E-state index contributed by atoms with van der Waals surface area (Å²) in [6.07, 6.45) is -12.2. The summed E-state index contributed by atoms with van der Waals surface area (Å²) >= 11 is 0. The van der Waals surface area contributed by atoms with Crippen LogP contribution >= 0.6 is 0 Å². The number of hydrogen-bond donors (Lipinski definition) is 9. The summed E-state index contributed by atoms with van der Waals surface area (Å²) in [5, 5.41) is 90.3. The molecule has 44 heavy (non-hydrogen) atoms. The van der Waals surface area contributed by atoms with E-state index in [1.807, 2.05) is 0 Å². The van der Waals surface area contributed by atoms with Crippen LogP contribution < -0.4 is 0 Å². The number of carbonyl (C=O) groups excluding carboxylic acids is 1. The van der Waals surface area contributed by atoms with Crippen LogP contribution in [0.15, 0.2) is 42.5 Å². The van der Waals surface area contributed by atoms with E-state index in [0.717, 1.165) is 6.08 Å². The van der Waals surface area contributed by atoms with Crippen molar-refractivity contribution in [3.05, 3.63) is 53.6 Å². The number of esters is 1. The first kappa shape index (κ1) is 33.4. The van der Waals surface area contributed by atoms with E-state index in [1.54, 1.807) is 6.07 Å². The van der Waals surface area contributed by atoms with E-state index in [9.17, 15) is 50.8 Å². The van der Waals surface area contributed by atoms with Crippen molar-refractivity contribution in [2.45, 2.75) is 74.8 Å². The van der Waals surface area contributed by atoms with Crippen LogP contribution in [0.2, 0.25) is 0 Å². The lowest BCUT2D eigenvalue weighted by Gasteiger charge is -2.43. The maximum atomic E-state index is 12.7. The van der Waals surface area contributed by atoms with Crippen LogP contribution in [-0.2, 0) is 34.9 Å². The first-order chi connectivity index (χ1) is 20.8. The van der Waals surface area contributed by atoms with Crippen molar-refractivity contribution in [2.24, 2.45) is 0 Å². The van der Waals surface area contributed by atoms with E-state index in [0.29, 0.717) is 11.1 Å². The van der Waals surface area contributed by atoms with Crippen molar-refractivity contribution < 1.29 is 74.4 Å². The standard InChI is InChI=1S/C29H36O15/c1-13-22(35)23(36)25(38)29(42-13)41-12-20-27(44-21(34)7-4-14-2-5-16(30)18(32)10-14)24(37)26(39)28(43-20)40-9-8-15-3-6-17(31)19(33)11-15/h2-7,10-11,13,20,22-33,35-39H,8-9,12H2,1H3/t13-,20+,22-,23+,24+,25+,26+,27+,28+,29-/m0/s1. The maximum absolute atomic E-state index is 12.7. The van der Waals surface area contributed by atoms with Gasteiger partial charge < -0.3 is 69.6 Å². The zero-order chi connectivity index (χ0) is 32.1. The quantitative estimate of drug-likeness (QED) is 0.0873. The van der Waals surface area contributed by atoms with Crippen LogP contribution in [0.1, 0.15) is 18.1 Å². The van der Waals surface area contributed by atoms with Crippen LogP contribution in [0, 0.1) is 0 Å². The SMILES string of the molecule is C[C@@H]1O[C@H](OC[C@H]2O[C@@H](OCCc3ccc(O)c(O)c3)[C@H](O)[C@@H](O)[C@@H]2OC(=O)C=Cc2ccc(O)c(O)c2)[C@H](O)[C@H](O)[C@H]1O. The molecule has 15 nitrogen and oxygen atoms in total. The van der Waals surface area contributed by atoms with Crippen molar-refractivity contribution >= 4 is 12.0 Å². The Morgan fingerprint density at radius 3 is 2.09 bits per heavy atom. The molecular weight excluding hydrogens is 588 g/mol. The van der Waals surface area contributed by atoms with Crippen LogP contribution in [0.3, 0.4) is 0 Å². The van der Waals surface area contributed by atoms with Crippen molar-refractivity contribution in [1.82, 2.24) is 0 Å². The second-order valence-corrected chi connectivity index (χ2v) is 10.5. The molecule has 4 rings (SSSR count). The summed E-state index contributed by atoms with van der Waals surface area (Å²) < 4.78 is 27.8. The predicted molar refractivity (Wildman–Crippen MR) is 147 cm³/mol. The highest BCUT2D eigenvalue weighted by Gasteiger charge is 2.49. The average molecular weight is 625 g/mol. The van der Waals surface area contributed by atoms with Crippen molar-refractivity contribution in [3.8, 4) is 23.0 Å². The van der Waals surface area contributed by atoms with Crippen LogP contribution in [0.4, 0.5) is 0 Å². The number of aliphatic hydroxyl groups excluding tert-OH is 5. The van der Waals surface area contributed by atoms with Crippen LogP contribution in [0.5, 0.6) is 23.0 Å². The number of benzene rings is 2. The lowest BCUT2D eigenvalue weighted by atomic mass is 9.98. The molecule has 0 radical (unpaired) electrons. The number of rotatable bonds is 10. The number of phenols is 4. The third-order valence-corrected chi connectivity index (χ3v) is 7.25. The molecule has 15 heteroatoms. The predicted octanol–water partition coefficient (Wildman–Crippen LogP) is -1.02. The fourth-order valence-corrected chi connectivity index (χ4v) is 4.66. The molecule has 0 aliphatic carbocycles. The minimum atomic E-state index is -1.75. The minimum absolute atomic E-state index is 0.0645. The summed E-state index contributed by atoms with van der Waals surface area (Å²) in [7, 11) is 0. The number of phenolic OH excluding ortho intramolecular Hbond substituents is 4. The number of ether oxygens (including phenoxy) is 5. The Morgan fingerprint density at radius 1 is 0.773 bits per heavy atom. The van der Waals surface area contributed by atoms with Gasteiger partial charge in [0.15, 0.2) is 41.7 Å². The van der Waals surface area contributed by atoms with Crippen molar-refractivity contribution in [2.75, 3.05) is 13.2 Å². The van der Waals surface area contributed by atoms with Crippen molar-refractivity contribution in [1.29, 1.82) is 0 Å². The van der Waals surface area contributed by atoms with Gasteiger partial charge in [0.2, 0.25) is 0 Å². The summed E-state index contributed by atoms with van der Waals surface area (Å²) in [5.41, 5.74) is 0.927. The molecule has 0 aromatic heterocycles. The fourth-order valence-electron chi connectivity index (χ4n) is 4.66. The summed E-state index contributed by atoms with van der Waals surface area (Å²) in [4.78, 5) is 12.7. The van der Waals surface area contributed by atoms with E-state index in [1.165, 1.54) is 43.3 Å². The minimum Gasteiger partial charge on any atom is -0.504 e. The Balaban J connectivity index is 1.45. The average Bonchev–Trinajstić information content (AvgIpc) is 2.99. The molecule has 2 saturated heterocycles. The zero-order valence-corrected chi connectivity index (χ0v) is 23.5. The molecule has 0 saturated carbocycles. The van der Waals surface area contributed by atoms with Gasteiger partial charge in [-0.1, -0.05) is 12.1 Å². The van der Waals surface area contributed by atoms with Gasteiger partial charge in [0.05, 0.1) is 19.3 Å². The first-order valence-corrected chi connectivity index (χ1v) is 13.7. The monoisotopic (exact) mass is 624 g/mol. The molecule has 2 aliphatic rings. The second kappa shape index (κ2) is 14.5. The van der Waals surface area contributed by atoms with Crippen LogP contribution in [0.25, 0.3) is 6.08 Å². The summed E-state index contributed by atoms with van der Waals surface area (Å²) in [6.45, 7) is 0.890. The van der Waals surface area contributed by atoms with E-state index in [2.05, 4.69) is 0 Å². The molecule has 2 fully saturated rings. The Bertz CT molecular complexity index is 1300. The highest BCUT2D eigenvalue weighted by atomic mass is 16.7. The van der Waals surface area contributed by atoms with E-state index < -0.39 is 79.7 Å². The summed E-state index contributed by atoms with van der Waals surface area (Å²) in [6, 6.07) is 8.00. The Labute approximate surface area is 251 Å². The Kier molecular flexibility index (Phi) is 11.0. The molecule has 242 valence electrons. The Hall–Kier alpha value is -3.51. The largest absolute Gasteiger partial charge is 0.504 e. The lowest BCUT2D eigenvalue weighted by molar-refractivity contribution is -0.328. The van der Waals surface area contributed by atoms with Crippen molar-refractivity contribution in [3.63, 3.8) is 0 Å². The van der Waals surface area contributed by atoms with Gasteiger partial charge in [0.1, 0.15) is 36.6 Å². The molecule has 2 aromatic carbocycles. The topological polar surface area (TPSA) is 245 Å². The third-order valence-electron chi connectivity index (χ3n) is 7.25. The molecule has 10 atom stereocenters. The van der Waals surface area contributed by atoms with E-state index in [4.69, 9.17) is 23.7 Å². The normalized spacial score (nSPS) is 32.5. The van der Waals surface area contributed by atoms with E-state index in [-0.39, 0.29) is 30.3 Å². The fraction of sp³-hybridized carbons (Fsp3) is 0.483. The van der Waals surface area contributed by atoms with Gasteiger partial charge in [-0.2, -0.15) is 0 Å². The molecule has 0 bridgehead atoms. The van der Waals surface area contributed by atoms with Gasteiger partial charge in [0.25, 0.3) is 0 Å². The van der Waals surface area contributed by atoms with Gasteiger partial charge in [-0.3, -0.25) is 0 Å². The first-order valence-electron chi connectivity index (χ1n) is 13.7. The van der Waals surface area contributed by atoms with Gasteiger partial charge in [-0.25, -0.2) is 4.79 Å².